The molecule has 0 saturated carbocycles. The van der Waals surface area contributed by atoms with Crippen molar-refractivity contribution in [3.63, 3.8) is 0 Å². The van der Waals surface area contributed by atoms with Gasteiger partial charge in [-0.15, -0.1) is 0 Å². The number of carbonyl (C=O) groups excluding carboxylic acids is 2. The number of likely N-dealkylation sites (tertiary alicyclic amines) is 1. The van der Waals surface area contributed by atoms with Crippen molar-refractivity contribution in [1.29, 1.82) is 0 Å². The Bertz CT molecular complexity index is 572. The topological polar surface area (TPSA) is 66.8 Å². The first kappa shape index (κ1) is 15.9. The smallest absolute Gasteiger partial charge is 0.233 e. The van der Waals surface area contributed by atoms with Gasteiger partial charge in [-0.3, -0.25) is 14.5 Å². The predicted octanol–water partition coefficient (Wildman–Crippen LogP) is 1.52. The molecule has 1 heterocycles. The zero-order valence-electron chi connectivity index (χ0n) is 12.9. The fraction of sp³-hybridized carbons (Fsp3) is 0.444. The van der Waals surface area contributed by atoms with Crippen LogP contribution in [0.1, 0.15) is 18.4 Å². The first-order valence-electron chi connectivity index (χ1n) is 7.96. The van der Waals surface area contributed by atoms with Crippen molar-refractivity contribution in [3.8, 4) is 0 Å². The number of hydrogen-bond acceptors (Lipinski definition) is 4. The average Bonchev–Trinajstić information content (AvgIpc) is 2.81. The van der Waals surface area contributed by atoms with E-state index in [1.807, 2.05) is 42.5 Å². The molecule has 1 aromatic carbocycles. The lowest BCUT2D eigenvalue weighted by atomic mass is 9.85. The van der Waals surface area contributed by atoms with Crippen molar-refractivity contribution in [1.82, 2.24) is 4.90 Å². The number of allylic oxidation sites excluding steroid dienone is 2. The number of rotatable bonds is 6. The van der Waals surface area contributed by atoms with Crippen LogP contribution in [-0.4, -0.2) is 41.1 Å². The molecule has 0 bridgehead atoms. The highest BCUT2D eigenvalue weighted by Crippen LogP contribution is 2.34. The van der Waals surface area contributed by atoms with E-state index in [2.05, 4.69) is 0 Å². The molecule has 1 aromatic rings. The minimum Gasteiger partial charge on any atom is -0.389 e. The predicted molar refractivity (Wildman–Crippen MR) is 84.2 cm³/mol. The van der Waals surface area contributed by atoms with Crippen LogP contribution < -0.4 is 0 Å². The fourth-order valence-corrected chi connectivity index (χ4v) is 3.20. The number of hydrogen-bond donors (Lipinski definition) is 1. The first-order chi connectivity index (χ1) is 11.2. The molecule has 1 aliphatic heterocycles. The number of amides is 2. The largest absolute Gasteiger partial charge is 0.389 e. The Labute approximate surface area is 135 Å². The van der Waals surface area contributed by atoms with Crippen molar-refractivity contribution >= 4 is 11.8 Å². The third kappa shape index (κ3) is 3.51. The van der Waals surface area contributed by atoms with Gasteiger partial charge in [0.1, 0.15) is 0 Å². The van der Waals surface area contributed by atoms with E-state index in [-0.39, 0.29) is 36.8 Å². The highest BCUT2D eigenvalue weighted by Gasteiger charge is 2.47. The maximum absolute atomic E-state index is 12.3. The molecule has 1 saturated heterocycles. The monoisotopic (exact) mass is 315 g/mol. The Morgan fingerprint density at radius 3 is 2.30 bits per heavy atom. The van der Waals surface area contributed by atoms with Crippen LogP contribution in [0.4, 0.5) is 0 Å². The van der Waals surface area contributed by atoms with E-state index in [0.717, 1.165) is 5.56 Å². The van der Waals surface area contributed by atoms with Gasteiger partial charge in [-0.25, -0.2) is 0 Å². The number of β-amino-alcohol motifs (C(OH)–C–C–N with tert-alkyl or cyclic N) is 1. The van der Waals surface area contributed by atoms with Gasteiger partial charge in [0, 0.05) is 0 Å². The normalized spacial score (nSPS) is 24.8. The zero-order chi connectivity index (χ0) is 16.2. The van der Waals surface area contributed by atoms with Gasteiger partial charge < -0.3 is 9.84 Å². The quantitative estimate of drug-likeness (QED) is 0.638. The molecule has 122 valence electrons. The van der Waals surface area contributed by atoms with Crippen LogP contribution in [0.25, 0.3) is 0 Å². The van der Waals surface area contributed by atoms with Crippen molar-refractivity contribution in [3.05, 3.63) is 48.0 Å². The Hall–Kier alpha value is -1.98. The molecule has 0 radical (unpaired) electrons. The Balaban J connectivity index is 1.49. The zero-order valence-corrected chi connectivity index (χ0v) is 12.9. The second kappa shape index (κ2) is 7.06. The summed E-state index contributed by atoms with van der Waals surface area (Å²) in [6.07, 6.45) is 4.28. The van der Waals surface area contributed by atoms with E-state index in [1.54, 1.807) is 0 Å². The average molecular weight is 315 g/mol. The maximum Gasteiger partial charge on any atom is 0.233 e. The maximum atomic E-state index is 12.3. The van der Waals surface area contributed by atoms with Crippen LogP contribution in [0.2, 0.25) is 0 Å². The van der Waals surface area contributed by atoms with Crippen LogP contribution in [0.3, 0.4) is 0 Å². The number of benzene rings is 1. The number of nitrogens with zero attached hydrogens (tertiary/aromatic N) is 1. The number of fused-ring (bicyclic) bond motifs is 1. The fourth-order valence-electron chi connectivity index (χ4n) is 3.20. The van der Waals surface area contributed by atoms with E-state index in [0.29, 0.717) is 19.4 Å². The van der Waals surface area contributed by atoms with Gasteiger partial charge in [-0.2, -0.15) is 0 Å². The van der Waals surface area contributed by atoms with E-state index >= 15 is 0 Å². The highest BCUT2D eigenvalue weighted by molar-refractivity contribution is 6.05. The van der Waals surface area contributed by atoms with Crippen LogP contribution in [0.5, 0.6) is 0 Å². The van der Waals surface area contributed by atoms with Gasteiger partial charge >= 0.3 is 0 Å². The lowest BCUT2D eigenvalue weighted by molar-refractivity contribution is -0.142. The lowest BCUT2D eigenvalue weighted by Crippen LogP contribution is -2.39. The third-order valence-electron chi connectivity index (χ3n) is 4.41. The molecule has 5 heteroatoms. The summed E-state index contributed by atoms with van der Waals surface area (Å²) in [6, 6.07) is 9.66. The van der Waals surface area contributed by atoms with Gasteiger partial charge in [-0.05, 0) is 18.4 Å². The number of imide groups is 1. The van der Waals surface area contributed by atoms with Crippen LogP contribution >= 0.6 is 0 Å². The van der Waals surface area contributed by atoms with Crippen LogP contribution in [0.15, 0.2) is 42.5 Å². The molecule has 3 atom stereocenters. The number of aliphatic hydroxyl groups is 1. The molecule has 3 rings (SSSR count). The lowest BCUT2D eigenvalue weighted by Gasteiger charge is -2.19. The van der Waals surface area contributed by atoms with Crippen LogP contribution in [-0.2, 0) is 20.9 Å². The summed E-state index contributed by atoms with van der Waals surface area (Å²) in [5, 5.41) is 10.1. The van der Waals surface area contributed by atoms with Gasteiger partial charge in [0.05, 0.1) is 37.7 Å². The molecule has 1 fully saturated rings. The SMILES string of the molecule is O=C1[C@@H]2CC=CC[C@H]2C(=O)N1C[C@H](O)COCc1ccccc1. The molecule has 1 N–H and O–H groups in total. The number of ether oxygens (including phenoxy) is 1. The summed E-state index contributed by atoms with van der Waals surface area (Å²) in [5.41, 5.74) is 1.02. The van der Waals surface area contributed by atoms with Crippen molar-refractivity contribution in [2.24, 2.45) is 11.8 Å². The highest BCUT2D eigenvalue weighted by atomic mass is 16.5. The summed E-state index contributed by atoms with van der Waals surface area (Å²) < 4.78 is 5.47. The summed E-state index contributed by atoms with van der Waals surface area (Å²) in [7, 11) is 0. The van der Waals surface area contributed by atoms with Crippen molar-refractivity contribution in [2.75, 3.05) is 13.2 Å². The molecule has 2 amide bonds. The second-order valence-corrected chi connectivity index (χ2v) is 6.10. The molecule has 2 aliphatic rings. The molecule has 23 heavy (non-hydrogen) atoms. The minimum absolute atomic E-state index is 0.0133. The molecular weight excluding hydrogens is 294 g/mol. The van der Waals surface area contributed by atoms with E-state index in [1.165, 1.54) is 4.90 Å². The molecule has 0 unspecified atom stereocenters. The van der Waals surface area contributed by atoms with Gasteiger partial charge in [0.15, 0.2) is 0 Å². The second-order valence-electron chi connectivity index (χ2n) is 6.10. The van der Waals surface area contributed by atoms with E-state index < -0.39 is 6.10 Å². The summed E-state index contributed by atoms with van der Waals surface area (Å²) in [6.45, 7) is 0.508. The Morgan fingerprint density at radius 1 is 1.09 bits per heavy atom. The van der Waals surface area contributed by atoms with Gasteiger partial charge in [0.25, 0.3) is 0 Å². The Kier molecular flexibility index (Phi) is 4.88. The Morgan fingerprint density at radius 2 is 1.70 bits per heavy atom. The third-order valence-corrected chi connectivity index (χ3v) is 4.41. The van der Waals surface area contributed by atoms with Gasteiger partial charge in [-0.1, -0.05) is 42.5 Å². The van der Waals surface area contributed by atoms with Crippen LogP contribution in [0, 0.1) is 11.8 Å². The number of carbonyl (C=O) groups is 2. The van der Waals surface area contributed by atoms with Gasteiger partial charge in [0.2, 0.25) is 11.8 Å². The van der Waals surface area contributed by atoms with Crippen molar-refractivity contribution < 1.29 is 19.4 Å². The first-order valence-corrected chi connectivity index (χ1v) is 7.96. The molecular formula is C18H21NO4. The molecule has 5 nitrogen and oxygen atoms in total. The minimum atomic E-state index is -0.861. The number of aliphatic hydroxyl groups excluding tert-OH is 1. The standard InChI is InChI=1S/C18H21NO4/c20-14(12-23-11-13-6-2-1-3-7-13)10-19-17(21)15-8-4-5-9-16(15)18(19)22/h1-7,14-16,20H,8-12H2/t14-,15+,16+/m0/s1. The van der Waals surface area contributed by atoms with Crippen molar-refractivity contribution in [2.45, 2.75) is 25.6 Å². The summed E-state index contributed by atoms with van der Waals surface area (Å²) in [4.78, 5) is 25.8. The van der Waals surface area contributed by atoms with E-state index in [4.69, 9.17) is 4.74 Å². The molecule has 0 aromatic heterocycles. The molecule has 1 aliphatic carbocycles. The molecule has 0 spiro atoms. The summed E-state index contributed by atoms with van der Waals surface area (Å²) >= 11 is 0. The summed E-state index contributed by atoms with van der Waals surface area (Å²) in [5.74, 6) is -0.812. The van der Waals surface area contributed by atoms with E-state index in [9.17, 15) is 14.7 Å².